The third kappa shape index (κ3) is 3.44. The van der Waals surface area contributed by atoms with Gasteiger partial charge in [-0.05, 0) is 30.6 Å². The third-order valence-corrected chi connectivity index (χ3v) is 8.83. The summed E-state index contributed by atoms with van der Waals surface area (Å²) in [6, 6.07) is 0. The lowest BCUT2D eigenvalue weighted by Gasteiger charge is -2.45. The van der Waals surface area contributed by atoms with E-state index >= 15 is 0 Å². The fourth-order valence-electron chi connectivity index (χ4n) is 2.03. The minimum Gasteiger partial charge on any atom is -0.410 e. The predicted molar refractivity (Wildman–Crippen MR) is 77.1 cm³/mol. The molecule has 3 nitrogen and oxygen atoms in total. The Kier molecular flexibility index (Phi) is 4.19. The molecule has 3 atom stereocenters. The highest BCUT2D eigenvalue weighted by atomic mass is 28.4. The van der Waals surface area contributed by atoms with Crippen molar-refractivity contribution >= 4 is 8.32 Å². The first-order valence-corrected chi connectivity index (χ1v) is 9.53. The molecule has 106 valence electrons. The summed E-state index contributed by atoms with van der Waals surface area (Å²) in [5.41, 5.74) is -0.153. The van der Waals surface area contributed by atoms with Crippen molar-refractivity contribution in [1.29, 1.82) is 0 Å². The first kappa shape index (κ1) is 15.9. The second kappa shape index (κ2) is 4.74. The van der Waals surface area contributed by atoms with Gasteiger partial charge in [-0.1, -0.05) is 27.4 Å². The summed E-state index contributed by atoms with van der Waals surface area (Å²) in [5.74, 6) is 0. The van der Waals surface area contributed by atoms with Gasteiger partial charge in [0.1, 0.15) is 0 Å². The van der Waals surface area contributed by atoms with Gasteiger partial charge in [0.25, 0.3) is 0 Å². The van der Waals surface area contributed by atoms with Crippen LogP contribution in [0, 0.1) is 0 Å². The van der Waals surface area contributed by atoms with Gasteiger partial charge in [-0.25, -0.2) is 0 Å². The van der Waals surface area contributed by atoms with Crippen molar-refractivity contribution in [3.05, 3.63) is 12.2 Å². The molecule has 4 heteroatoms. The fraction of sp³-hybridized carbons (Fsp3) is 0.857. The molecule has 1 aliphatic rings. The monoisotopic (exact) mass is 272 g/mol. The summed E-state index contributed by atoms with van der Waals surface area (Å²) >= 11 is 0. The van der Waals surface area contributed by atoms with Crippen LogP contribution in [0.5, 0.6) is 0 Å². The molecule has 0 spiro atoms. The van der Waals surface area contributed by atoms with E-state index in [1.165, 1.54) is 0 Å². The van der Waals surface area contributed by atoms with Crippen LogP contribution in [-0.2, 0) is 4.43 Å². The molecule has 0 saturated heterocycles. The van der Waals surface area contributed by atoms with Gasteiger partial charge >= 0.3 is 0 Å². The zero-order valence-corrected chi connectivity index (χ0v) is 13.6. The molecule has 0 amide bonds. The van der Waals surface area contributed by atoms with Crippen molar-refractivity contribution < 1.29 is 14.6 Å². The van der Waals surface area contributed by atoms with E-state index < -0.39 is 20.0 Å². The van der Waals surface area contributed by atoms with Gasteiger partial charge in [0.2, 0.25) is 0 Å². The summed E-state index contributed by atoms with van der Waals surface area (Å²) in [7, 11) is -1.91. The van der Waals surface area contributed by atoms with E-state index in [0.717, 1.165) is 0 Å². The van der Waals surface area contributed by atoms with Crippen LogP contribution in [-0.4, -0.2) is 36.3 Å². The number of rotatable bonds is 2. The van der Waals surface area contributed by atoms with Crippen molar-refractivity contribution in [2.75, 3.05) is 0 Å². The molecule has 1 fully saturated rings. The summed E-state index contributed by atoms with van der Waals surface area (Å²) in [6.45, 7) is 16.6. The molecule has 0 aromatic carbocycles. The molecular formula is C14H28O3Si. The van der Waals surface area contributed by atoms with E-state index in [9.17, 15) is 10.2 Å². The lowest BCUT2D eigenvalue weighted by molar-refractivity contribution is -0.0457. The molecule has 1 saturated carbocycles. The Balaban J connectivity index is 2.86. The average Bonchev–Trinajstić information content (AvgIpc) is 2.09. The van der Waals surface area contributed by atoms with Gasteiger partial charge in [0, 0.05) is 12.8 Å². The van der Waals surface area contributed by atoms with Gasteiger partial charge in [-0.15, -0.1) is 0 Å². The second-order valence-corrected chi connectivity index (χ2v) is 12.1. The third-order valence-electron chi connectivity index (χ3n) is 4.34. The lowest BCUT2D eigenvalue weighted by atomic mass is 9.80. The van der Waals surface area contributed by atoms with Gasteiger partial charge in [-0.2, -0.15) is 0 Å². The van der Waals surface area contributed by atoms with Crippen molar-refractivity contribution in [2.24, 2.45) is 0 Å². The molecule has 2 N–H and O–H groups in total. The highest BCUT2D eigenvalue weighted by Crippen LogP contribution is 2.41. The Hall–Kier alpha value is -0.163. The van der Waals surface area contributed by atoms with E-state index in [1.807, 2.05) is 0 Å². The molecule has 18 heavy (non-hydrogen) atoms. The minimum absolute atomic E-state index is 0.113. The minimum atomic E-state index is -1.91. The van der Waals surface area contributed by atoms with E-state index in [1.54, 1.807) is 6.92 Å². The Labute approximate surface area is 112 Å². The van der Waals surface area contributed by atoms with Crippen LogP contribution < -0.4 is 0 Å². The van der Waals surface area contributed by atoms with Crippen LogP contribution in [0.2, 0.25) is 18.1 Å². The number of aliphatic hydroxyl groups excluding tert-OH is 1. The molecule has 0 aliphatic heterocycles. The highest BCUT2D eigenvalue weighted by molar-refractivity contribution is 6.74. The number of hydrogen-bond acceptors (Lipinski definition) is 3. The van der Waals surface area contributed by atoms with Gasteiger partial charge < -0.3 is 14.6 Å². The van der Waals surface area contributed by atoms with Crippen molar-refractivity contribution in [3.63, 3.8) is 0 Å². The summed E-state index contributed by atoms with van der Waals surface area (Å²) < 4.78 is 6.28. The summed E-state index contributed by atoms with van der Waals surface area (Å²) in [5, 5.41) is 20.2. The Morgan fingerprint density at radius 3 is 2.28 bits per heavy atom. The smallest absolute Gasteiger partial charge is 0.192 e. The molecule has 0 aromatic heterocycles. The Morgan fingerprint density at radius 2 is 1.83 bits per heavy atom. The largest absolute Gasteiger partial charge is 0.410 e. The Morgan fingerprint density at radius 1 is 1.33 bits per heavy atom. The van der Waals surface area contributed by atoms with Crippen LogP contribution in [0.3, 0.4) is 0 Å². The molecule has 0 radical (unpaired) electrons. The van der Waals surface area contributed by atoms with Gasteiger partial charge in [-0.3, -0.25) is 0 Å². The lowest BCUT2D eigenvalue weighted by Crippen LogP contribution is -2.50. The topological polar surface area (TPSA) is 49.7 Å². The Bertz CT molecular complexity index is 328. The second-order valence-electron chi connectivity index (χ2n) is 7.36. The zero-order valence-electron chi connectivity index (χ0n) is 12.6. The SMILES string of the molecule is C=C1[C@H](O)C[C@@](C)(O)C[C@H]1O[Si](C)(C)C(C)(C)C. The van der Waals surface area contributed by atoms with Crippen LogP contribution in [0.4, 0.5) is 0 Å². The molecule has 0 bridgehead atoms. The van der Waals surface area contributed by atoms with Crippen molar-refractivity contribution in [2.45, 2.75) is 76.5 Å². The summed E-state index contributed by atoms with van der Waals surface area (Å²) in [6.07, 6.45) is -0.0216. The highest BCUT2D eigenvalue weighted by Gasteiger charge is 2.44. The van der Waals surface area contributed by atoms with Gasteiger partial charge in [0.15, 0.2) is 8.32 Å². The number of aliphatic hydroxyl groups is 2. The van der Waals surface area contributed by atoms with E-state index in [2.05, 4.69) is 40.4 Å². The maximum atomic E-state index is 10.2. The fourth-order valence-corrected chi connectivity index (χ4v) is 3.33. The molecule has 0 heterocycles. The van der Waals surface area contributed by atoms with E-state index in [-0.39, 0.29) is 11.1 Å². The molecule has 1 aliphatic carbocycles. The first-order chi connectivity index (χ1) is 7.86. The standard InChI is InChI=1S/C14H28O3Si/c1-10-11(15)8-14(5,16)9-12(10)17-18(6,7)13(2,3)4/h11-12,15-16H,1,8-9H2,2-7H3/t11-,12-,14-/m1/s1. The van der Waals surface area contributed by atoms with E-state index in [4.69, 9.17) is 4.43 Å². The van der Waals surface area contributed by atoms with Crippen LogP contribution in [0.1, 0.15) is 40.5 Å². The van der Waals surface area contributed by atoms with E-state index in [0.29, 0.717) is 18.4 Å². The predicted octanol–water partition coefficient (Wildman–Crippen LogP) is 2.84. The number of hydrogen-bond donors (Lipinski definition) is 2. The van der Waals surface area contributed by atoms with Gasteiger partial charge in [0.05, 0.1) is 17.8 Å². The molecule has 0 aromatic rings. The quantitative estimate of drug-likeness (QED) is 0.600. The van der Waals surface area contributed by atoms with Crippen LogP contribution in [0.25, 0.3) is 0 Å². The molecule has 1 rings (SSSR count). The van der Waals surface area contributed by atoms with Crippen LogP contribution >= 0.6 is 0 Å². The first-order valence-electron chi connectivity index (χ1n) is 6.63. The normalized spacial score (nSPS) is 34.8. The maximum Gasteiger partial charge on any atom is 0.192 e. The summed E-state index contributed by atoms with van der Waals surface area (Å²) in [4.78, 5) is 0. The van der Waals surface area contributed by atoms with Crippen molar-refractivity contribution in [1.82, 2.24) is 0 Å². The zero-order chi connectivity index (χ0) is 14.4. The van der Waals surface area contributed by atoms with Crippen LogP contribution in [0.15, 0.2) is 12.2 Å². The molecule has 0 unspecified atom stereocenters. The maximum absolute atomic E-state index is 10.2. The average molecular weight is 272 g/mol. The molecular weight excluding hydrogens is 244 g/mol. The van der Waals surface area contributed by atoms with Crippen molar-refractivity contribution in [3.8, 4) is 0 Å².